The van der Waals surface area contributed by atoms with Crippen molar-refractivity contribution in [2.24, 2.45) is 5.92 Å². The first-order valence-corrected chi connectivity index (χ1v) is 6.53. The summed E-state index contributed by atoms with van der Waals surface area (Å²) < 4.78 is 5.43. The Balaban J connectivity index is 1.71. The molecule has 2 atom stereocenters. The third-order valence-electron chi connectivity index (χ3n) is 3.80. The van der Waals surface area contributed by atoms with E-state index >= 15 is 0 Å². The summed E-state index contributed by atoms with van der Waals surface area (Å²) in [6.07, 6.45) is 1.88. The highest BCUT2D eigenvalue weighted by Crippen LogP contribution is 2.27. The Hall–Kier alpha value is -1.55. The lowest BCUT2D eigenvalue weighted by molar-refractivity contribution is -0.121. The van der Waals surface area contributed by atoms with Crippen molar-refractivity contribution in [3.05, 3.63) is 23.8 Å². The zero-order valence-corrected chi connectivity index (χ0v) is 10.5. The number of hydrogen-bond acceptors (Lipinski definition) is 3. The molecule has 0 saturated carbocycles. The smallest absolute Gasteiger partial charge is 0.230 e. The number of rotatable bonds is 2. The third kappa shape index (κ3) is 2.08. The molecule has 96 valence electrons. The fourth-order valence-corrected chi connectivity index (χ4v) is 2.69. The Labute approximate surface area is 107 Å². The number of fused-ring (bicyclic) bond motifs is 1. The Bertz CT molecular complexity index is 473. The molecule has 1 aromatic rings. The van der Waals surface area contributed by atoms with E-state index in [1.165, 1.54) is 11.3 Å². The van der Waals surface area contributed by atoms with Crippen molar-refractivity contribution in [3.63, 3.8) is 0 Å². The number of nitrogens with one attached hydrogen (secondary N) is 2. The molecule has 0 aliphatic carbocycles. The van der Waals surface area contributed by atoms with Crippen molar-refractivity contribution < 1.29 is 9.53 Å². The molecule has 2 heterocycles. The Kier molecular flexibility index (Phi) is 2.96. The van der Waals surface area contributed by atoms with E-state index in [0.717, 1.165) is 25.1 Å². The van der Waals surface area contributed by atoms with Crippen LogP contribution in [-0.2, 0) is 16.0 Å². The molecule has 1 fully saturated rings. The highest BCUT2D eigenvalue weighted by Gasteiger charge is 2.30. The molecule has 4 nitrogen and oxygen atoms in total. The van der Waals surface area contributed by atoms with E-state index in [-0.39, 0.29) is 17.9 Å². The van der Waals surface area contributed by atoms with Crippen LogP contribution in [0, 0.1) is 5.92 Å². The van der Waals surface area contributed by atoms with Gasteiger partial charge in [-0.3, -0.25) is 4.79 Å². The molecule has 0 radical (unpaired) electrons. The predicted molar refractivity (Wildman–Crippen MR) is 70.8 cm³/mol. The maximum Gasteiger partial charge on any atom is 0.230 e. The molecule has 1 aromatic carbocycles. The molecule has 2 aliphatic rings. The molecule has 0 spiro atoms. The van der Waals surface area contributed by atoms with E-state index in [1.807, 2.05) is 19.1 Å². The summed E-state index contributed by atoms with van der Waals surface area (Å²) in [7, 11) is 0. The normalized spacial score (nSPS) is 25.6. The first-order chi connectivity index (χ1) is 8.74. The zero-order chi connectivity index (χ0) is 12.5. The van der Waals surface area contributed by atoms with Gasteiger partial charge in [0.1, 0.15) is 0 Å². The minimum absolute atomic E-state index is 0.0172. The molecule has 2 aliphatic heterocycles. The standard InChI is InChI=1S/C14H18N2O2/c1-9-12(5-7-18-9)14(17)16-11-2-3-13-10(8-11)4-6-15-13/h2-3,8-9,12,15H,4-7H2,1H3,(H,16,17). The highest BCUT2D eigenvalue weighted by atomic mass is 16.5. The van der Waals surface area contributed by atoms with Gasteiger partial charge in [0.2, 0.25) is 5.91 Å². The Morgan fingerprint density at radius 2 is 2.39 bits per heavy atom. The van der Waals surface area contributed by atoms with Crippen molar-refractivity contribution in [1.82, 2.24) is 0 Å². The fraction of sp³-hybridized carbons (Fsp3) is 0.500. The second kappa shape index (κ2) is 4.61. The lowest BCUT2D eigenvalue weighted by Crippen LogP contribution is -2.27. The number of benzene rings is 1. The lowest BCUT2D eigenvalue weighted by Gasteiger charge is -2.14. The van der Waals surface area contributed by atoms with Crippen molar-refractivity contribution in [1.29, 1.82) is 0 Å². The maximum atomic E-state index is 12.1. The van der Waals surface area contributed by atoms with Crippen LogP contribution < -0.4 is 10.6 Å². The van der Waals surface area contributed by atoms with Gasteiger partial charge in [0, 0.05) is 24.5 Å². The summed E-state index contributed by atoms with van der Waals surface area (Å²) in [5.74, 6) is 0.0577. The van der Waals surface area contributed by atoms with Gasteiger partial charge in [0.15, 0.2) is 0 Å². The van der Waals surface area contributed by atoms with Crippen LogP contribution >= 0.6 is 0 Å². The van der Waals surface area contributed by atoms with Crippen LogP contribution in [0.2, 0.25) is 0 Å². The van der Waals surface area contributed by atoms with Crippen LogP contribution in [-0.4, -0.2) is 25.2 Å². The molecule has 1 amide bonds. The molecule has 2 unspecified atom stereocenters. The van der Waals surface area contributed by atoms with Gasteiger partial charge in [0.05, 0.1) is 12.0 Å². The average molecular weight is 246 g/mol. The fourth-order valence-electron chi connectivity index (χ4n) is 2.69. The predicted octanol–water partition coefficient (Wildman–Crippen LogP) is 2.02. The summed E-state index contributed by atoms with van der Waals surface area (Å²) in [6.45, 7) is 3.64. The number of carbonyl (C=O) groups is 1. The van der Waals surface area contributed by atoms with Gasteiger partial charge in [0.25, 0.3) is 0 Å². The molecule has 4 heteroatoms. The molecule has 1 saturated heterocycles. The number of hydrogen-bond donors (Lipinski definition) is 2. The van der Waals surface area contributed by atoms with Crippen LogP contribution in [0.25, 0.3) is 0 Å². The molecule has 0 aromatic heterocycles. The molecule has 18 heavy (non-hydrogen) atoms. The summed E-state index contributed by atoms with van der Waals surface area (Å²) >= 11 is 0. The van der Waals surface area contributed by atoms with Crippen LogP contribution in [0.4, 0.5) is 11.4 Å². The van der Waals surface area contributed by atoms with Gasteiger partial charge < -0.3 is 15.4 Å². The summed E-state index contributed by atoms with van der Waals surface area (Å²) in [5.41, 5.74) is 3.36. The molecule has 0 bridgehead atoms. The molecular formula is C14H18N2O2. The van der Waals surface area contributed by atoms with Gasteiger partial charge in [-0.2, -0.15) is 0 Å². The summed E-state index contributed by atoms with van der Waals surface area (Å²) in [5, 5.41) is 6.31. The largest absolute Gasteiger partial charge is 0.384 e. The van der Waals surface area contributed by atoms with Crippen molar-refractivity contribution in [2.45, 2.75) is 25.9 Å². The first-order valence-electron chi connectivity index (χ1n) is 6.53. The van der Waals surface area contributed by atoms with E-state index in [1.54, 1.807) is 0 Å². The minimum atomic E-state index is -0.0172. The van der Waals surface area contributed by atoms with E-state index in [4.69, 9.17) is 4.74 Å². The van der Waals surface area contributed by atoms with Crippen molar-refractivity contribution in [3.8, 4) is 0 Å². The number of ether oxygens (including phenoxy) is 1. The average Bonchev–Trinajstić information content (AvgIpc) is 2.96. The van der Waals surface area contributed by atoms with E-state index in [2.05, 4.69) is 16.7 Å². The Morgan fingerprint density at radius 3 is 3.17 bits per heavy atom. The first kappa shape index (κ1) is 11.5. The van der Waals surface area contributed by atoms with E-state index in [9.17, 15) is 4.79 Å². The van der Waals surface area contributed by atoms with Crippen LogP contribution in [0.15, 0.2) is 18.2 Å². The van der Waals surface area contributed by atoms with E-state index in [0.29, 0.717) is 6.61 Å². The van der Waals surface area contributed by atoms with Gasteiger partial charge >= 0.3 is 0 Å². The van der Waals surface area contributed by atoms with Crippen LogP contribution in [0.3, 0.4) is 0 Å². The number of carbonyl (C=O) groups excluding carboxylic acids is 1. The third-order valence-corrected chi connectivity index (χ3v) is 3.80. The van der Waals surface area contributed by atoms with Crippen LogP contribution in [0.5, 0.6) is 0 Å². The van der Waals surface area contributed by atoms with Crippen molar-refractivity contribution >= 4 is 17.3 Å². The summed E-state index contributed by atoms with van der Waals surface area (Å²) in [6, 6.07) is 6.05. The molecular weight excluding hydrogens is 228 g/mol. The SMILES string of the molecule is CC1OCCC1C(=O)Nc1ccc2c(c1)CCN2. The molecule has 2 N–H and O–H groups in total. The van der Waals surface area contributed by atoms with Gasteiger partial charge in [-0.05, 0) is 43.5 Å². The highest BCUT2D eigenvalue weighted by molar-refractivity contribution is 5.93. The van der Waals surface area contributed by atoms with Crippen molar-refractivity contribution in [2.75, 3.05) is 23.8 Å². The number of anilines is 2. The Morgan fingerprint density at radius 1 is 1.50 bits per heavy atom. The van der Waals surface area contributed by atoms with Gasteiger partial charge in [-0.15, -0.1) is 0 Å². The number of amides is 1. The van der Waals surface area contributed by atoms with E-state index < -0.39 is 0 Å². The summed E-state index contributed by atoms with van der Waals surface area (Å²) in [4.78, 5) is 12.1. The van der Waals surface area contributed by atoms with Crippen LogP contribution in [0.1, 0.15) is 18.9 Å². The second-order valence-electron chi connectivity index (χ2n) is 5.01. The topological polar surface area (TPSA) is 50.4 Å². The monoisotopic (exact) mass is 246 g/mol. The maximum absolute atomic E-state index is 12.1. The molecule has 3 rings (SSSR count). The zero-order valence-electron chi connectivity index (χ0n) is 10.5. The quantitative estimate of drug-likeness (QED) is 0.839. The lowest BCUT2D eigenvalue weighted by atomic mass is 10.0. The second-order valence-corrected chi connectivity index (χ2v) is 5.01. The van der Waals surface area contributed by atoms with Gasteiger partial charge in [-0.25, -0.2) is 0 Å². The minimum Gasteiger partial charge on any atom is -0.384 e. The van der Waals surface area contributed by atoms with Gasteiger partial charge in [-0.1, -0.05) is 0 Å².